The summed E-state index contributed by atoms with van der Waals surface area (Å²) in [5.41, 5.74) is 1.18. The molecule has 1 aromatic carbocycles. The van der Waals surface area contributed by atoms with Crippen molar-refractivity contribution in [1.82, 2.24) is 4.90 Å². The molecule has 1 heterocycles. The fraction of sp³-hybridized carbons (Fsp3) is 0.467. The topological polar surface area (TPSA) is 32.7 Å². The number of aliphatic hydroxyl groups excluding tert-OH is 1. The number of hydrogen-bond acceptors (Lipinski definition) is 3. The lowest BCUT2D eigenvalue weighted by atomic mass is 10.2. The third kappa shape index (κ3) is 3.34. The Labute approximate surface area is 109 Å². The van der Waals surface area contributed by atoms with E-state index in [1.807, 2.05) is 24.3 Å². The average Bonchev–Trinajstić information content (AvgIpc) is 2.87. The van der Waals surface area contributed by atoms with Crippen LogP contribution < -0.4 is 4.74 Å². The summed E-state index contributed by atoms with van der Waals surface area (Å²) in [6.07, 6.45) is 6.59. The number of rotatable bonds is 5. The van der Waals surface area contributed by atoms with Crippen molar-refractivity contribution in [2.45, 2.75) is 18.9 Å². The second kappa shape index (κ2) is 6.57. The van der Waals surface area contributed by atoms with Gasteiger partial charge in [-0.05, 0) is 37.1 Å². The van der Waals surface area contributed by atoms with Crippen LogP contribution in [0.15, 0.2) is 30.3 Å². The summed E-state index contributed by atoms with van der Waals surface area (Å²) in [6.45, 7) is 2.28. The first-order chi connectivity index (χ1) is 8.83. The van der Waals surface area contributed by atoms with E-state index in [0.29, 0.717) is 6.04 Å². The maximum Gasteiger partial charge on any atom is 0.118 e. The van der Waals surface area contributed by atoms with E-state index >= 15 is 0 Å². The summed E-state index contributed by atoms with van der Waals surface area (Å²) >= 11 is 0. The van der Waals surface area contributed by atoms with Gasteiger partial charge >= 0.3 is 0 Å². The maximum absolute atomic E-state index is 9.23. The van der Waals surface area contributed by atoms with Crippen LogP contribution in [0.25, 0.3) is 6.08 Å². The van der Waals surface area contributed by atoms with Gasteiger partial charge in [-0.1, -0.05) is 24.3 Å². The molecule has 0 amide bonds. The van der Waals surface area contributed by atoms with Crippen molar-refractivity contribution >= 4 is 6.08 Å². The molecule has 3 nitrogen and oxygen atoms in total. The fourth-order valence-electron chi connectivity index (χ4n) is 2.38. The predicted molar refractivity (Wildman–Crippen MR) is 73.7 cm³/mol. The molecule has 1 unspecified atom stereocenters. The summed E-state index contributed by atoms with van der Waals surface area (Å²) in [6, 6.07) is 8.37. The second-order valence-electron chi connectivity index (χ2n) is 4.65. The van der Waals surface area contributed by atoms with E-state index in [0.717, 1.165) is 25.3 Å². The van der Waals surface area contributed by atoms with Gasteiger partial charge in [-0.2, -0.15) is 0 Å². The Bertz CT molecular complexity index is 386. The predicted octanol–water partition coefficient (Wildman–Crippen LogP) is 2.17. The van der Waals surface area contributed by atoms with E-state index in [4.69, 9.17) is 4.74 Å². The Morgan fingerprint density at radius 2 is 2.17 bits per heavy atom. The zero-order valence-corrected chi connectivity index (χ0v) is 10.9. The summed E-state index contributed by atoms with van der Waals surface area (Å²) in [7, 11) is 1.67. The van der Waals surface area contributed by atoms with Crippen LogP contribution in [-0.2, 0) is 0 Å². The Balaban J connectivity index is 1.86. The molecule has 1 aromatic rings. The van der Waals surface area contributed by atoms with Crippen LogP contribution in [0.1, 0.15) is 18.4 Å². The molecule has 98 valence electrons. The van der Waals surface area contributed by atoms with Crippen molar-refractivity contribution in [3.05, 3.63) is 35.9 Å². The van der Waals surface area contributed by atoms with Crippen molar-refractivity contribution in [3.63, 3.8) is 0 Å². The van der Waals surface area contributed by atoms with Crippen LogP contribution >= 0.6 is 0 Å². The quantitative estimate of drug-likeness (QED) is 0.865. The smallest absolute Gasteiger partial charge is 0.118 e. The van der Waals surface area contributed by atoms with Gasteiger partial charge in [0.25, 0.3) is 0 Å². The Morgan fingerprint density at radius 1 is 1.39 bits per heavy atom. The zero-order valence-electron chi connectivity index (χ0n) is 10.9. The van der Waals surface area contributed by atoms with E-state index in [1.54, 1.807) is 7.11 Å². The van der Waals surface area contributed by atoms with Crippen LogP contribution in [0.5, 0.6) is 5.75 Å². The van der Waals surface area contributed by atoms with E-state index in [9.17, 15) is 5.11 Å². The molecule has 0 bridgehead atoms. The van der Waals surface area contributed by atoms with Gasteiger partial charge in [0.15, 0.2) is 0 Å². The third-order valence-electron chi connectivity index (χ3n) is 3.48. The molecule has 1 aliphatic heterocycles. The van der Waals surface area contributed by atoms with E-state index in [-0.39, 0.29) is 6.61 Å². The van der Waals surface area contributed by atoms with Gasteiger partial charge in [-0.25, -0.2) is 0 Å². The first-order valence-electron chi connectivity index (χ1n) is 6.49. The number of aliphatic hydroxyl groups is 1. The highest BCUT2D eigenvalue weighted by Gasteiger charge is 2.21. The van der Waals surface area contributed by atoms with Gasteiger partial charge in [0.2, 0.25) is 0 Å². The number of ether oxygens (including phenoxy) is 1. The van der Waals surface area contributed by atoms with E-state index < -0.39 is 0 Å². The molecule has 3 heteroatoms. The summed E-state index contributed by atoms with van der Waals surface area (Å²) in [5, 5.41) is 9.23. The van der Waals surface area contributed by atoms with Crippen molar-refractivity contribution in [2.24, 2.45) is 0 Å². The highest BCUT2D eigenvalue weighted by atomic mass is 16.5. The molecule has 1 fully saturated rings. The molecule has 0 radical (unpaired) electrons. The van der Waals surface area contributed by atoms with Crippen LogP contribution in [0.2, 0.25) is 0 Å². The van der Waals surface area contributed by atoms with E-state index in [2.05, 4.69) is 17.1 Å². The molecular weight excluding hydrogens is 226 g/mol. The van der Waals surface area contributed by atoms with Crippen LogP contribution in [-0.4, -0.2) is 42.9 Å². The minimum absolute atomic E-state index is 0.274. The van der Waals surface area contributed by atoms with Crippen molar-refractivity contribution < 1.29 is 9.84 Å². The summed E-state index contributed by atoms with van der Waals surface area (Å²) in [5.74, 6) is 0.882. The van der Waals surface area contributed by atoms with E-state index in [1.165, 1.54) is 12.0 Å². The lowest BCUT2D eigenvalue weighted by molar-refractivity contribution is 0.170. The van der Waals surface area contributed by atoms with Crippen molar-refractivity contribution in [1.29, 1.82) is 0 Å². The number of nitrogens with zero attached hydrogens (tertiary/aromatic N) is 1. The minimum Gasteiger partial charge on any atom is -0.497 e. The molecule has 1 saturated heterocycles. The molecule has 0 spiro atoms. The Morgan fingerprint density at radius 3 is 2.83 bits per heavy atom. The molecule has 0 saturated carbocycles. The van der Waals surface area contributed by atoms with Crippen LogP contribution in [0.4, 0.5) is 0 Å². The van der Waals surface area contributed by atoms with Gasteiger partial charge in [-0.15, -0.1) is 0 Å². The Kier molecular flexibility index (Phi) is 4.79. The second-order valence-corrected chi connectivity index (χ2v) is 4.65. The molecule has 1 atom stereocenters. The minimum atomic E-state index is 0.274. The average molecular weight is 247 g/mol. The van der Waals surface area contributed by atoms with Gasteiger partial charge in [0, 0.05) is 12.6 Å². The lowest BCUT2D eigenvalue weighted by Gasteiger charge is -2.20. The van der Waals surface area contributed by atoms with Crippen LogP contribution in [0.3, 0.4) is 0 Å². The summed E-state index contributed by atoms with van der Waals surface area (Å²) in [4.78, 5) is 2.33. The molecule has 0 aliphatic carbocycles. The highest BCUT2D eigenvalue weighted by Crippen LogP contribution is 2.17. The molecule has 0 aromatic heterocycles. The largest absolute Gasteiger partial charge is 0.497 e. The fourth-order valence-corrected chi connectivity index (χ4v) is 2.38. The number of methoxy groups -OCH3 is 1. The first-order valence-corrected chi connectivity index (χ1v) is 6.49. The Hall–Kier alpha value is -1.32. The number of hydrogen-bond donors (Lipinski definition) is 1. The standard InChI is InChI=1S/C15H21NO2/c1-18-15-8-6-13(7-9-15)4-2-10-16-11-3-5-14(16)12-17/h2,4,6-9,14,17H,3,5,10-12H2,1H3/b4-2+. The lowest BCUT2D eigenvalue weighted by Crippen LogP contribution is -2.32. The van der Waals surface area contributed by atoms with Gasteiger partial charge in [0.1, 0.15) is 5.75 Å². The molecule has 18 heavy (non-hydrogen) atoms. The van der Waals surface area contributed by atoms with Crippen molar-refractivity contribution in [2.75, 3.05) is 26.8 Å². The molecule has 1 N–H and O–H groups in total. The SMILES string of the molecule is COc1ccc(/C=C/CN2CCCC2CO)cc1. The first kappa shape index (κ1) is 13.1. The van der Waals surface area contributed by atoms with Gasteiger partial charge in [0.05, 0.1) is 13.7 Å². The third-order valence-corrected chi connectivity index (χ3v) is 3.48. The van der Waals surface area contributed by atoms with Gasteiger partial charge in [-0.3, -0.25) is 4.90 Å². The molecule has 1 aliphatic rings. The normalized spacial score (nSPS) is 20.7. The molecule has 2 rings (SSSR count). The molecular formula is C15H21NO2. The monoisotopic (exact) mass is 247 g/mol. The number of likely N-dealkylation sites (tertiary alicyclic amines) is 1. The summed E-state index contributed by atoms with van der Waals surface area (Å²) < 4.78 is 5.12. The maximum atomic E-state index is 9.23. The van der Waals surface area contributed by atoms with Crippen LogP contribution in [0, 0.1) is 0 Å². The van der Waals surface area contributed by atoms with Crippen molar-refractivity contribution in [3.8, 4) is 5.75 Å². The highest BCUT2D eigenvalue weighted by molar-refractivity contribution is 5.50. The van der Waals surface area contributed by atoms with Gasteiger partial charge < -0.3 is 9.84 Å². The number of benzene rings is 1. The zero-order chi connectivity index (χ0) is 12.8.